The number of benzene rings is 1. The van der Waals surface area contributed by atoms with Crippen LogP contribution in [0.15, 0.2) is 48.8 Å². The second-order valence-electron chi connectivity index (χ2n) is 5.95. The van der Waals surface area contributed by atoms with Gasteiger partial charge in [-0.25, -0.2) is 0 Å². The molecule has 1 fully saturated rings. The molecule has 0 bridgehead atoms. The van der Waals surface area contributed by atoms with Crippen molar-refractivity contribution in [1.82, 2.24) is 15.2 Å². The molecule has 0 aliphatic carbocycles. The SMILES string of the molecule is COc1ccccc1C(CNC(=O)c1cccnc1)N1CCCC1. The van der Waals surface area contributed by atoms with Gasteiger partial charge in [-0.1, -0.05) is 18.2 Å². The molecule has 0 saturated carbocycles. The number of carbonyl (C=O) groups excluding carboxylic acids is 1. The molecular weight excluding hydrogens is 302 g/mol. The quantitative estimate of drug-likeness (QED) is 0.887. The van der Waals surface area contributed by atoms with Gasteiger partial charge in [-0.15, -0.1) is 0 Å². The lowest BCUT2D eigenvalue weighted by Crippen LogP contribution is -2.37. The molecule has 24 heavy (non-hydrogen) atoms. The van der Waals surface area contributed by atoms with Crippen LogP contribution in [0.1, 0.15) is 34.8 Å². The van der Waals surface area contributed by atoms with Gasteiger partial charge in [-0.2, -0.15) is 0 Å². The largest absolute Gasteiger partial charge is 0.496 e. The van der Waals surface area contributed by atoms with Crippen molar-refractivity contribution in [3.05, 3.63) is 59.9 Å². The Hall–Kier alpha value is -2.40. The molecule has 1 amide bonds. The third-order valence-corrected chi connectivity index (χ3v) is 4.46. The zero-order chi connectivity index (χ0) is 16.8. The standard InChI is InChI=1S/C19H23N3O2/c1-24-18-9-3-2-8-16(18)17(22-11-4-5-12-22)14-21-19(23)15-7-6-10-20-13-15/h2-3,6-10,13,17H,4-5,11-12,14H2,1H3,(H,21,23). The van der Waals surface area contributed by atoms with Gasteiger partial charge in [-0.3, -0.25) is 14.7 Å². The number of ether oxygens (including phenoxy) is 1. The summed E-state index contributed by atoms with van der Waals surface area (Å²) in [6.07, 6.45) is 5.65. The number of nitrogens with zero attached hydrogens (tertiary/aromatic N) is 2. The normalized spacial score (nSPS) is 15.9. The van der Waals surface area contributed by atoms with E-state index >= 15 is 0 Å². The number of nitrogens with one attached hydrogen (secondary N) is 1. The van der Waals surface area contributed by atoms with Crippen molar-refractivity contribution >= 4 is 5.91 Å². The summed E-state index contributed by atoms with van der Waals surface area (Å²) in [4.78, 5) is 18.8. The Balaban J connectivity index is 1.77. The van der Waals surface area contributed by atoms with Crippen LogP contribution in [-0.4, -0.2) is 42.5 Å². The van der Waals surface area contributed by atoms with Gasteiger partial charge in [0.1, 0.15) is 5.75 Å². The molecule has 0 spiro atoms. The molecular formula is C19H23N3O2. The molecule has 1 atom stereocenters. The van der Waals surface area contributed by atoms with Gasteiger partial charge in [0.2, 0.25) is 0 Å². The summed E-state index contributed by atoms with van der Waals surface area (Å²) in [6, 6.07) is 11.7. The summed E-state index contributed by atoms with van der Waals surface area (Å²) < 4.78 is 5.53. The third kappa shape index (κ3) is 3.74. The second kappa shape index (κ2) is 7.93. The van der Waals surface area contributed by atoms with Crippen LogP contribution in [0.25, 0.3) is 0 Å². The zero-order valence-corrected chi connectivity index (χ0v) is 13.9. The number of rotatable bonds is 6. The fraction of sp³-hybridized carbons (Fsp3) is 0.368. The summed E-state index contributed by atoms with van der Waals surface area (Å²) in [5, 5.41) is 3.05. The predicted octanol–water partition coefficient (Wildman–Crippen LogP) is 2.66. The highest BCUT2D eigenvalue weighted by Crippen LogP contribution is 2.31. The first-order chi connectivity index (χ1) is 11.8. The summed E-state index contributed by atoms with van der Waals surface area (Å²) in [5.74, 6) is 0.771. The number of aromatic nitrogens is 1. The topological polar surface area (TPSA) is 54.5 Å². The molecule has 0 radical (unpaired) electrons. The van der Waals surface area contributed by atoms with E-state index in [0.717, 1.165) is 24.4 Å². The average Bonchev–Trinajstić information content (AvgIpc) is 3.17. The molecule has 1 aromatic heterocycles. The van der Waals surface area contributed by atoms with Crippen molar-refractivity contribution in [3.8, 4) is 5.75 Å². The zero-order valence-electron chi connectivity index (χ0n) is 13.9. The van der Waals surface area contributed by atoms with Crippen LogP contribution in [0.4, 0.5) is 0 Å². The highest BCUT2D eigenvalue weighted by Gasteiger charge is 2.26. The first-order valence-corrected chi connectivity index (χ1v) is 8.35. The van der Waals surface area contributed by atoms with E-state index in [0.29, 0.717) is 12.1 Å². The predicted molar refractivity (Wildman–Crippen MR) is 93.1 cm³/mol. The number of amides is 1. The van der Waals surface area contributed by atoms with Crippen LogP contribution >= 0.6 is 0 Å². The lowest BCUT2D eigenvalue weighted by molar-refractivity contribution is 0.0937. The van der Waals surface area contributed by atoms with E-state index in [-0.39, 0.29) is 11.9 Å². The van der Waals surface area contributed by atoms with Gasteiger partial charge in [0.05, 0.1) is 18.7 Å². The Morgan fingerprint density at radius 1 is 1.25 bits per heavy atom. The Morgan fingerprint density at radius 2 is 2.04 bits per heavy atom. The van der Waals surface area contributed by atoms with E-state index in [1.807, 2.05) is 18.2 Å². The molecule has 1 aromatic carbocycles. The molecule has 1 unspecified atom stereocenters. The highest BCUT2D eigenvalue weighted by molar-refractivity contribution is 5.93. The number of para-hydroxylation sites is 1. The summed E-state index contributed by atoms with van der Waals surface area (Å²) in [6.45, 7) is 2.64. The van der Waals surface area contributed by atoms with Crippen LogP contribution in [0.5, 0.6) is 5.75 Å². The number of pyridine rings is 1. The number of likely N-dealkylation sites (tertiary alicyclic amines) is 1. The Labute approximate surface area is 142 Å². The molecule has 5 nitrogen and oxygen atoms in total. The molecule has 1 aliphatic rings. The molecule has 1 aliphatic heterocycles. The number of hydrogen-bond donors (Lipinski definition) is 1. The molecule has 5 heteroatoms. The Bertz CT molecular complexity index is 669. The fourth-order valence-corrected chi connectivity index (χ4v) is 3.22. The van der Waals surface area contributed by atoms with E-state index in [2.05, 4.69) is 21.3 Å². The first kappa shape index (κ1) is 16.5. The lowest BCUT2D eigenvalue weighted by atomic mass is 10.0. The number of hydrogen-bond acceptors (Lipinski definition) is 4. The van der Waals surface area contributed by atoms with Gasteiger partial charge in [0.25, 0.3) is 5.91 Å². The Morgan fingerprint density at radius 3 is 2.75 bits per heavy atom. The number of methoxy groups -OCH3 is 1. The van der Waals surface area contributed by atoms with Gasteiger partial charge in [-0.05, 0) is 44.1 Å². The van der Waals surface area contributed by atoms with Crippen LogP contribution < -0.4 is 10.1 Å². The molecule has 3 rings (SSSR count). The number of carbonyl (C=O) groups is 1. The monoisotopic (exact) mass is 325 g/mol. The minimum absolute atomic E-state index is 0.0952. The van der Waals surface area contributed by atoms with Crippen LogP contribution in [0.3, 0.4) is 0 Å². The summed E-state index contributed by atoms with van der Waals surface area (Å²) in [5.41, 5.74) is 1.70. The van der Waals surface area contributed by atoms with Crippen LogP contribution in [0, 0.1) is 0 Å². The maximum atomic E-state index is 12.3. The fourth-order valence-electron chi connectivity index (χ4n) is 3.22. The maximum absolute atomic E-state index is 12.3. The second-order valence-corrected chi connectivity index (χ2v) is 5.95. The molecule has 126 valence electrons. The molecule has 2 aromatic rings. The van der Waals surface area contributed by atoms with Gasteiger partial charge in [0.15, 0.2) is 0 Å². The van der Waals surface area contributed by atoms with Gasteiger partial charge in [0, 0.05) is 24.5 Å². The van der Waals surface area contributed by atoms with Crippen LogP contribution in [-0.2, 0) is 0 Å². The minimum atomic E-state index is -0.0952. The summed E-state index contributed by atoms with van der Waals surface area (Å²) in [7, 11) is 1.69. The van der Waals surface area contributed by atoms with Gasteiger partial charge >= 0.3 is 0 Å². The highest BCUT2D eigenvalue weighted by atomic mass is 16.5. The summed E-state index contributed by atoms with van der Waals surface area (Å²) >= 11 is 0. The van der Waals surface area contributed by atoms with Crippen molar-refractivity contribution < 1.29 is 9.53 Å². The molecule has 1 N–H and O–H groups in total. The van der Waals surface area contributed by atoms with Crippen LogP contribution in [0.2, 0.25) is 0 Å². The smallest absolute Gasteiger partial charge is 0.252 e. The van der Waals surface area contributed by atoms with E-state index in [9.17, 15) is 4.79 Å². The maximum Gasteiger partial charge on any atom is 0.252 e. The first-order valence-electron chi connectivity index (χ1n) is 8.35. The van der Waals surface area contributed by atoms with Crippen molar-refractivity contribution in [2.24, 2.45) is 0 Å². The molecule has 2 heterocycles. The van der Waals surface area contributed by atoms with E-state index < -0.39 is 0 Å². The van der Waals surface area contributed by atoms with Crippen molar-refractivity contribution in [2.75, 3.05) is 26.7 Å². The van der Waals surface area contributed by atoms with E-state index in [1.165, 1.54) is 12.8 Å². The van der Waals surface area contributed by atoms with Crippen molar-refractivity contribution in [3.63, 3.8) is 0 Å². The average molecular weight is 325 g/mol. The molecule has 1 saturated heterocycles. The lowest BCUT2D eigenvalue weighted by Gasteiger charge is -2.29. The minimum Gasteiger partial charge on any atom is -0.496 e. The van der Waals surface area contributed by atoms with Crippen molar-refractivity contribution in [2.45, 2.75) is 18.9 Å². The third-order valence-electron chi connectivity index (χ3n) is 4.46. The van der Waals surface area contributed by atoms with E-state index in [4.69, 9.17) is 4.74 Å². The van der Waals surface area contributed by atoms with E-state index in [1.54, 1.807) is 31.6 Å². The Kier molecular flexibility index (Phi) is 5.43. The van der Waals surface area contributed by atoms with Crippen molar-refractivity contribution in [1.29, 1.82) is 0 Å². The van der Waals surface area contributed by atoms with Gasteiger partial charge < -0.3 is 10.1 Å².